The van der Waals surface area contributed by atoms with Crippen LogP contribution in [-0.2, 0) is 14.3 Å². The van der Waals surface area contributed by atoms with Crippen molar-refractivity contribution in [1.82, 2.24) is 5.32 Å². The van der Waals surface area contributed by atoms with Gasteiger partial charge >= 0.3 is 0 Å². The average molecular weight is 347 g/mol. The van der Waals surface area contributed by atoms with Crippen molar-refractivity contribution in [2.24, 2.45) is 0 Å². The van der Waals surface area contributed by atoms with Crippen LogP contribution in [0.4, 0.5) is 0 Å². The molecule has 1 fully saturated rings. The highest BCUT2D eigenvalue weighted by atomic mass is 16.6. The van der Waals surface area contributed by atoms with Crippen molar-refractivity contribution in [2.75, 3.05) is 6.61 Å². The van der Waals surface area contributed by atoms with Crippen LogP contribution in [0.5, 0.6) is 0 Å². The van der Waals surface area contributed by atoms with Crippen molar-refractivity contribution >= 4 is 5.91 Å². The van der Waals surface area contributed by atoms with Gasteiger partial charge in [0.1, 0.15) is 12.2 Å². The van der Waals surface area contributed by atoms with Crippen LogP contribution in [-0.4, -0.2) is 30.8 Å². The predicted molar refractivity (Wildman–Crippen MR) is 99.6 cm³/mol. The van der Waals surface area contributed by atoms with Gasteiger partial charge in [-0.3, -0.25) is 4.79 Å². The van der Waals surface area contributed by atoms with E-state index < -0.39 is 6.10 Å². The number of fused-ring (bicyclic) bond motifs is 1. The summed E-state index contributed by atoms with van der Waals surface area (Å²) in [4.78, 5) is 12.9. The molecule has 1 aliphatic carbocycles. The highest BCUT2D eigenvalue weighted by Crippen LogP contribution is 2.24. The summed E-state index contributed by atoms with van der Waals surface area (Å²) in [6.07, 6.45) is 6.79. The number of rotatable bonds is 4. The Morgan fingerprint density at radius 3 is 2.08 bits per heavy atom. The molecule has 2 aromatic rings. The van der Waals surface area contributed by atoms with Crippen LogP contribution in [0.2, 0.25) is 0 Å². The van der Waals surface area contributed by atoms with Gasteiger partial charge in [-0.05, 0) is 11.1 Å². The minimum absolute atomic E-state index is 0.108. The summed E-state index contributed by atoms with van der Waals surface area (Å²) >= 11 is 0. The van der Waals surface area contributed by atoms with E-state index in [0.717, 1.165) is 11.1 Å². The molecule has 1 heterocycles. The molecular formula is C22H21NO3. The van der Waals surface area contributed by atoms with E-state index in [9.17, 15) is 4.79 Å². The Morgan fingerprint density at radius 2 is 1.46 bits per heavy atom. The molecule has 26 heavy (non-hydrogen) atoms. The molecule has 0 spiro atoms. The number of allylic oxidation sites excluding steroid dienone is 2. The van der Waals surface area contributed by atoms with Gasteiger partial charge in [-0.1, -0.05) is 85.0 Å². The first-order chi connectivity index (χ1) is 12.8. The summed E-state index contributed by atoms with van der Waals surface area (Å²) in [6, 6.07) is 19.7. The van der Waals surface area contributed by atoms with Crippen LogP contribution in [0.1, 0.15) is 17.2 Å². The fraction of sp³-hybridized carbons (Fsp3) is 0.227. The third-order valence-corrected chi connectivity index (χ3v) is 4.64. The Hall–Kier alpha value is -2.69. The van der Waals surface area contributed by atoms with Crippen LogP contribution in [0, 0.1) is 0 Å². The Balaban J connectivity index is 1.51. The number of nitrogens with one attached hydrogen (secondary N) is 1. The SMILES string of the molecule is O=C(NC(c1ccccc1)c1ccccc1)[C@@H]1CO[C@@H]2C=CC=C[C@@H]2O1. The van der Waals surface area contributed by atoms with Gasteiger partial charge in [0.2, 0.25) is 0 Å². The summed E-state index contributed by atoms with van der Waals surface area (Å²) in [6.45, 7) is 0.251. The average Bonchev–Trinajstić information content (AvgIpc) is 2.72. The minimum atomic E-state index is -0.623. The Kier molecular flexibility index (Phi) is 4.95. The molecule has 1 amide bonds. The third-order valence-electron chi connectivity index (χ3n) is 4.64. The van der Waals surface area contributed by atoms with E-state index in [1.807, 2.05) is 85.0 Å². The molecule has 2 aliphatic rings. The van der Waals surface area contributed by atoms with Crippen LogP contribution in [0.3, 0.4) is 0 Å². The van der Waals surface area contributed by atoms with E-state index >= 15 is 0 Å². The smallest absolute Gasteiger partial charge is 0.252 e. The molecular weight excluding hydrogens is 326 g/mol. The van der Waals surface area contributed by atoms with Crippen molar-refractivity contribution in [1.29, 1.82) is 0 Å². The molecule has 4 rings (SSSR count). The maximum atomic E-state index is 12.9. The molecule has 1 N–H and O–H groups in total. The molecule has 0 saturated carbocycles. The van der Waals surface area contributed by atoms with Gasteiger partial charge in [0.15, 0.2) is 6.10 Å². The fourth-order valence-corrected chi connectivity index (χ4v) is 3.29. The molecule has 0 unspecified atom stereocenters. The Morgan fingerprint density at radius 1 is 0.885 bits per heavy atom. The third kappa shape index (κ3) is 3.62. The number of carbonyl (C=O) groups excluding carboxylic acids is 1. The zero-order valence-electron chi connectivity index (χ0n) is 14.3. The van der Waals surface area contributed by atoms with Crippen LogP contribution in [0.15, 0.2) is 85.0 Å². The van der Waals surface area contributed by atoms with Crippen LogP contribution < -0.4 is 5.32 Å². The van der Waals surface area contributed by atoms with Crippen LogP contribution >= 0.6 is 0 Å². The number of amides is 1. The zero-order chi connectivity index (χ0) is 17.8. The summed E-state index contributed by atoms with van der Waals surface area (Å²) < 4.78 is 11.7. The monoisotopic (exact) mass is 347 g/mol. The quantitative estimate of drug-likeness (QED) is 0.924. The second-order valence-electron chi connectivity index (χ2n) is 6.42. The standard InChI is InChI=1S/C22H21NO3/c24-22(20-15-25-18-13-7-8-14-19(18)26-20)23-21(16-9-3-1-4-10-16)17-11-5-2-6-12-17/h1-14,18-21H,15H2,(H,23,24)/t18-,19+,20+/m1/s1. The first kappa shape index (κ1) is 16.8. The topological polar surface area (TPSA) is 47.6 Å². The van der Waals surface area contributed by atoms with Crippen molar-refractivity contribution in [3.8, 4) is 0 Å². The molecule has 1 saturated heterocycles. The zero-order valence-corrected chi connectivity index (χ0v) is 14.3. The van der Waals surface area contributed by atoms with Crippen LogP contribution in [0.25, 0.3) is 0 Å². The van der Waals surface area contributed by atoms with Gasteiger partial charge in [-0.15, -0.1) is 0 Å². The number of benzene rings is 2. The van der Waals surface area contributed by atoms with Gasteiger partial charge in [0.25, 0.3) is 5.91 Å². The predicted octanol–water partition coefficient (Wildman–Crippen LogP) is 3.17. The minimum Gasteiger partial charge on any atom is -0.368 e. The van der Waals surface area contributed by atoms with E-state index in [4.69, 9.17) is 9.47 Å². The molecule has 1 aliphatic heterocycles. The summed E-state index contributed by atoms with van der Waals surface area (Å²) in [5, 5.41) is 3.13. The van der Waals surface area contributed by atoms with Gasteiger partial charge in [0.05, 0.1) is 12.6 Å². The lowest BCUT2D eigenvalue weighted by Gasteiger charge is -2.35. The van der Waals surface area contributed by atoms with E-state index in [-0.39, 0.29) is 30.8 Å². The van der Waals surface area contributed by atoms with E-state index in [0.29, 0.717) is 0 Å². The number of hydrogen-bond acceptors (Lipinski definition) is 3. The van der Waals surface area contributed by atoms with Gasteiger partial charge in [-0.2, -0.15) is 0 Å². The highest BCUT2D eigenvalue weighted by Gasteiger charge is 2.34. The van der Waals surface area contributed by atoms with Gasteiger partial charge < -0.3 is 14.8 Å². The lowest BCUT2D eigenvalue weighted by Crippen LogP contribution is -2.50. The molecule has 0 bridgehead atoms. The number of carbonyl (C=O) groups is 1. The number of hydrogen-bond donors (Lipinski definition) is 1. The summed E-state index contributed by atoms with van der Waals surface area (Å²) in [5.41, 5.74) is 2.06. The molecule has 3 atom stereocenters. The van der Waals surface area contributed by atoms with E-state index in [1.54, 1.807) is 0 Å². The van der Waals surface area contributed by atoms with Crippen molar-refractivity contribution in [2.45, 2.75) is 24.4 Å². The lowest BCUT2D eigenvalue weighted by atomic mass is 9.98. The van der Waals surface area contributed by atoms with Crippen molar-refractivity contribution in [3.63, 3.8) is 0 Å². The normalized spacial score (nSPS) is 24.3. The maximum absolute atomic E-state index is 12.9. The second-order valence-corrected chi connectivity index (χ2v) is 6.42. The van der Waals surface area contributed by atoms with Crippen molar-refractivity contribution in [3.05, 3.63) is 96.1 Å². The maximum Gasteiger partial charge on any atom is 0.252 e. The Bertz CT molecular complexity index is 761. The molecule has 132 valence electrons. The number of ether oxygens (including phenoxy) is 2. The van der Waals surface area contributed by atoms with E-state index in [2.05, 4.69) is 5.32 Å². The highest BCUT2D eigenvalue weighted by molar-refractivity contribution is 5.82. The molecule has 0 radical (unpaired) electrons. The first-order valence-electron chi connectivity index (χ1n) is 8.83. The van der Waals surface area contributed by atoms with E-state index in [1.165, 1.54) is 0 Å². The summed E-state index contributed by atoms with van der Waals surface area (Å²) in [5.74, 6) is -0.163. The first-order valence-corrected chi connectivity index (χ1v) is 8.83. The molecule has 2 aromatic carbocycles. The summed E-state index contributed by atoms with van der Waals surface area (Å²) in [7, 11) is 0. The van der Waals surface area contributed by atoms with Gasteiger partial charge in [0, 0.05) is 0 Å². The largest absolute Gasteiger partial charge is 0.368 e. The fourth-order valence-electron chi connectivity index (χ4n) is 3.29. The molecule has 4 heteroatoms. The second kappa shape index (κ2) is 7.68. The van der Waals surface area contributed by atoms with Gasteiger partial charge in [-0.25, -0.2) is 0 Å². The molecule has 4 nitrogen and oxygen atoms in total. The Labute approximate surface area is 153 Å². The molecule has 0 aromatic heterocycles. The van der Waals surface area contributed by atoms with Crippen molar-refractivity contribution < 1.29 is 14.3 Å². The lowest BCUT2D eigenvalue weighted by molar-refractivity contribution is -0.168.